The van der Waals surface area contributed by atoms with E-state index < -0.39 is 11.9 Å². The SMILES string of the molecule is CC(C)(C)c1ccc(OC(=O)c2ccc(C(=O)Oc3ccc(C(C)(C)C)cc3)c(-c3ccccc3)c2)cc1. The maximum absolute atomic E-state index is 13.2. The zero-order valence-electron chi connectivity index (χ0n) is 22.9. The van der Waals surface area contributed by atoms with Crippen LogP contribution < -0.4 is 9.47 Å². The monoisotopic (exact) mass is 506 g/mol. The second kappa shape index (κ2) is 10.7. The minimum Gasteiger partial charge on any atom is -0.423 e. The Morgan fingerprint density at radius 1 is 0.553 bits per heavy atom. The van der Waals surface area contributed by atoms with Crippen molar-refractivity contribution in [3.63, 3.8) is 0 Å². The quantitative estimate of drug-likeness (QED) is 0.201. The molecule has 0 saturated heterocycles. The number of hydrogen-bond acceptors (Lipinski definition) is 4. The van der Waals surface area contributed by atoms with Crippen LogP contribution in [0.5, 0.6) is 11.5 Å². The number of carbonyl (C=O) groups excluding carboxylic acids is 2. The van der Waals surface area contributed by atoms with Gasteiger partial charge in [-0.2, -0.15) is 0 Å². The molecule has 4 rings (SSSR count). The van der Waals surface area contributed by atoms with Gasteiger partial charge in [0, 0.05) is 0 Å². The zero-order chi connectivity index (χ0) is 27.5. The summed E-state index contributed by atoms with van der Waals surface area (Å²) in [7, 11) is 0. The molecule has 0 aliphatic heterocycles. The van der Waals surface area contributed by atoms with Crippen LogP contribution in [0.2, 0.25) is 0 Å². The van der Waals surface area contributed by atoms with E-state index in [0.717, 1.165) is 16.7 Å². The maximum atomic E-state index is 13.2. The third kappa shape index (κ3) is 6.38. The van der Waals surface area contributed by atoms with Crippen LogP contribution >= 0.6 is 0 Å². The first-order valence-electron chi connectivity index (χ1n) is 12.8. The topological polar surface area (TPSA) is 52.6 Å². The number of benzene rings is 4. The molecule has 194 valence electrons. The molecule has 4 aromatic carbocycles. The van der Waals surface area contributed by atoms with Crippen molar-refractivity contribution >= 4 is 11.9 Å². The number of ether oxygens (including phenoxy) is 2. The Bertz CT molecular complexity index is 1420. The average Bonchev–Trinajstić information content (AvgIpc) is 2.88. The first kappa shape index (κ1) is 26.9. The van der Waals surface area contributed by atoms with Crippen molar-refractivity contribution in [3.05, 3.63) is 119 Å². The first-order valence-corrected chi connectivity index (χ1v) is 12.8. The number of esters is 2. The highest BCUT2D eigenvalue weighted by atomic mass is 16.5. The molecular weight excluding hydrogens is 472 g/mol. The third-order valence-electron chi connectivity index (χ3n) is 6.42. The van der Waals surface area contributed by atoms with Gasteiger partial charge in [0.15, 0.2) is 0 Å². The summed E-state index contributed by atoms with van der Waals surface area (Å²) in [5, 5.41) is 0. The third-order valence-corrected chi connectivity index (χ3v) is 6.42. The lowest BCUT2D eigenvalue weighted by Crippen LogP contribution is -2.14. The molecule has 0 aliphatic rings. The fourth-order valence-electron chi connectivity index (χ4n) is 4.08. The van der Waals surface area contributed by atoms with Crippen molar-refractivity contribution in [1.82, 2.24) is 0 Å². The summed E-state index contributed by atoms with van der Waals surface area (Å²) >= 11 is 0. The Morgan fingerprint density at radius 2 is 1.03 bits per heavy atom. The number of hydrogen-bond donors (Lipinski definition) is 0. The molecule has 0 amide bonds. The molecule has 0 N–H and O–H groups in total. The van der Waals surface area contributed by atoms with E-state index in [1.54, 1.807) is 42.5 Å². The van der Waals surface area contributed by atoms with Gasteiger partial charge in [-0.25, -0.2) is 9.59 Å². The summed E-state index contributed by atoms with van der Waals surface area (Å²) in [6.07, 6.45) is 0. The van der Waals surface area contributed by atoms with Gasteiger partial charge >= 0.3 is 11.9 Å². The normalized spacial score (nSPS) is 11.6. The van der Waals surface area contributed by atoms with E-state index in [0.29, 0.717) is 28.2 Å². The maximum Gasteiger partial charge on any atom is 0.344 e. The molecule has 0 aromatic heterocycles. The number of rotatable bonds is 5. The van der Waals surface area contributed by atoms with Crippen molar-refractivity contribution in [2.24, 2.45) is 0 Å². The molecule has 0 atom stereocenters. The van der Waals surface area contributed by atoms with Crippen LogP contribution in [0.3, 0.4) is 0 Å². The van der Waals surface area contributed by atoms with Gasteiger partial charge in [0.25, 0.3) is 0 Å². The molecule has 4 nitrogen and oxygen atoms in total. The van der Waals surface area contributed by atoms with Crippen molar-refractivity contribution in [3.8, 4) is 22.6 Å². The molecule has 0 saturated carbocycles. The summed E-state index contributed by atoms with van der Waals surface area (Å²) in [5.74, 6) is -0.0657. The van der Waals surface area contributed by atoms with Crippen LogP contribution in [0.1, 0.15) is 73.4 Å². The fourth-order valence-corrected chi connectivity index (χ4v) is 4.08. The highest BCUT2D eigenvalue weighted by Gasteiger charge is 2.20. The zero-order valence-corrected chi connectivity index (χ0v) is 22.9. The lowest BCUT2D eigenvalue weighted by Gasteiger charge is -2.19. The summed E-state index contributed by atoms with van der Waals surface area (Å²) in [6, 6.07) is 29.4. The van der Waals surface area contributed by atoms with Gasteiger partial charge in [0.2, 0.25) is 0 Å². The van der Waals surface area contributed by atoms with Crippen molar-refractivity contribution in [2.45, 2.75) is 52.4 Å². The Balaban J connectivity index is 1.60. The largest absolute Gasteiger partial charge is 0.423 e. The average molecular weight is 507 g/mol. The van der Waals surface area contributed by atoms with Crippen LogP contribution in [0.15, 0.2) is 97.1 Å². The smallest absolute Gasteiger partial charge is 0.344 e. The van der Waals surface area contributed by atoms with Crippen LogP contribution in [-0.4, -0.2) is 11.9 Å². The standard InChI is InChI=1S/C34H34O4/c1-33(2,3)25-13-17-27(18-14-25)37-31(35)24-12-21-29(30(22-24)23-10-8-7-9-11-23)32(36)38-28-19-15-26(16-20-28)34(4,5)6/h7-22H,1-6H3. The first-order chi connectivity index (χ1) is 17.9. The van der Waals surface area contributed by atoms with Gasteiger partial charge in [-0.1, -0.05) is 96.1 Å². The molecule has 4 heteroatoms. The highest BCUT2D eigenvalue weighted by Crippen LogP contribution is 2.29. The van der Waals surface area contributed by atoms with Crippen molar-refractivity contribution < 1.29 is 19.1 Å². The van der Waals surface area contributed by atoms with E-state index in [1.807, 2.05) is 54.6 Å². The van der Waals surface area contributed by atoms with Gasteiger partial charge in [-0.05, 0) is 75.5 Å². The van der Waals surface area contributed by atoms with Crippen LogP contribution in [0, 0.1) is 0 Å². The predicted molar refractivity (Wildman–Crippen MR) is 152 cm³/mol. The second-order valence-electron chi connectivity index (χ2n) is 11.5. The molecule has 0 aliphatic carbocycles. The molecule has 0 radical (unpaired) electrons. The molecular formula is C34H34O4. The minimum atomic E-state index is -0.497. The van der Waals surface area contributed by atoms with E-state index in [2.05, 4.69) is 41.5 Å². The highest BCUT2D eigenvalue weighted by molar-refractivity contribution is 6.01. The van der Waals surface area contributed by atoms with Crippen molar-refractivity contribution in [2.75, 3.05) is 0 Å². The second-order valence-corrected chi connectivity index (χ2v) is 11.5. The van der Waals surface area contributed by atoms with E-state index in [1.165, 1.54) is 0 Å². The van der Waals surface area contributed by atoms with Gasteiger partial charge in [-0.3, -0.25) is 0 Å². The predicted octanol–water partition coefficient (Wildman–Crippen LogP) is 8.39. The summed E-state index contributed by atoms with van der Waals surface area (Å²) in [4.78, 5) is 26.3. The molecule has 38 heavy (non-hydrogen) atoms. The van der Waals surface area contributed by atoms with E-state index in [4.69, 9.17) is 9.47 Å². The molecule has 4 aromatic rings. The van der Waals surface area contributed by atoms with Gasteiger partial charge in [0.1, 0.15) is 11.5 Å². The molecule has 0 unspecified atom stereocenters. The lowest BCUT2D eigenvalue weighted by molar-refractivity contribution is 0.0721. The Labute approximate surface area is 225 Å². The Hall–Kier alpha value is -4.18. The van der Waals surface area contributed by atoms with Crippen LogP contribution in [0.25, 0.3) is 11.1 Å². The number of carbonyl (C=O) groups is 2. The van der Waals surface area contributed by atoms with Crippen LogP contribution in [0.4, 0.5) is 0 Å². The minimum absolute atomic E-state index is 0.00207. The Morgan fingerprint density at radius 3 is 1.50 bits per heavy atom. The summed E-state index contributed by atoms with van der Waals surface area (Å²) in [6.45, 7) is 12.8. The Kier molecular flexibility index (Phi) is 7.54. The van der Waals surface area contributed by atoms with Gasteiger partial charge in [0.05, 0.1) is 11.1 Å². The van der Waals surface area contributed by atoms with Crippen LogP contribution in [-0.2, 0) is 10.8 Å². The summed E-state index contributed by atoms with van der Waals surface area (Å²) < 4.78 is 11.3. The van der Waals surface area contributed by atoms with Crippen molar-refractivity contribution in [1.29, 1.82) is 0 Å². The lowest BCUT2D eigenvalue weighted by atomic mass is 9.87. The van der Waals surface area contributed by atoms with Gasteiger partial charge < -0.3 is 9.47 Å². The molecule has 0 bridgehead atoms. The van der Waals surface area contributed by atoms with Gasteiger partial charge in [-0.15, -0.1) is 0 Å². The molecule has 0 heterocycles. The van der Waals surface area contributed by atoms with E-state index >= 15 is 0 Å². The summed E-state index contributed by atoms with van der Waals surface area (Å²) in [5.41, 5.74) is 4.41. The molecule has 0 spiro atoms. The fraction of sp³-hybridized carbons (Fsp3) is 0.235. The molecule has 0 fully saturated rings. The van der Waals surface area contributed by atoms with E-state index in [9.17, 15) is 9.59 Å². The van der Waals surface area contributed by atoms with E-state index in [-0.39, 0.29) is 10.8 Å².